The van der Waals surface area contributed by atoms with Crippen molar-refractivity contribution < 1.29 is 4.79 Å². The summed E-state index contributed by atoms with van der Waals surface area (Å²) in [4.78, 5) is 11.7. The molecule has 3 rings (SSSR count). The Hall–Kier alpha value is -2.33. The van der Waals surface area contributed by atoms with Gasteiger partial charge in [-0.25, -0.2) is 0 Å². The van der Waals surface area contributed by atoms with E-state index in [2.05, 4.69) is 38.7 Å². The van der Waals surface area contributed by atoms with Crippen molar-refractivity contribution in [2.24, 2.45) is 5.92 Å². The van der Waals surface area contributed by atoms with Crippen molar-refractivity contribution >= 4 is 33.6 Å². The topological polar surface area (TPSA) is 41.1 Å². The maximum Gasteiger partial charge on any atom is 0.142 e. The monoisotopic (exact) mass is 382 g/mol. The lowest BCUT2D eigenvalue weighted by atomic mass is 9.88. The Bertz CT molecular complexity index is 725. The number of carbonyl (C=O) groups is 1. The van der Waals surface area contributed by atoms with Crippen molar-refractivity contribution in [3.8, 4) is 0 Å². The van der Waals surface area contributed by atoms with Crippen LogP contribution in [0.5, 0.6) is 0 Å². The van der Waals surface area contributed by atoms with Crippen LogP contribution in [0.3, 0.4) is 0 Å². The standard InChI is InChI=1S/C20H19BrN2O/c21-15-10-12-17(13-11-15)23-20(14-24)18-8-4-5-9-19(18)22-16-6-2-1-3-7-16/h1-14,18-20,22-23H. The predicted molar refractivity (Wildman–Crippen MR) is 103 cm³/mol. The van der Waals surface area contributed by atoms with Crippen LogP contribution in [0.2, 0.25) is 0 Å². The first kappa shape index (κ1) is 16.5. The number of allylic oxidation sites excluding steroid dienone is 2. The zero-order chi connectivity index (χ0) is 16.8. The van der Waals surface area contributed by atoms with Gasteiger partial charge in [0, 0.05) is 21.8 Å². The minimum atomic E-state index is -0.311. The summed E-state index contributed by atoms with van der Waals surface area (Å²) in [6, 6.07) is 17.6. The number of carbonyl (C=O) groups excluding carboxylic acids is 1. The number of hydrogen-bond donors (Lipinski definition) is 2. The highest BCUT2D eigenvalue weighted by atomic mass is 79.9. The molecular weight excluding hydrogens is 364 g/mol. The lowest BCUT2D eigenvalue weighted by Gasteiger charge is -2.31. The minimum absolute atomic E-state index is 0.0244. The number of halogens is 1. The van der Waals surface area contributed by atoms with E-state index >= 15 is 0 Å². The fraction of sp³-hybridized carbons (Fsp3) is 0.150. The lowest BCUT2D eigenvalue weighted by molar-refractivity contribution is -0.109. The quantitative estimate of drug-likeness (QED) is 0.714. The fourth-order valence-corrected chi connectivity index (χ4v) is 3.06. The van der Waals surface area contributed by atoms with E-state index in [1.165, 1.54) is 0 Å². The molecule has 1 aliphatic carbocycles. The van der Waals surface area contributed by atoms with Crippen LogP contribution in [0.25, 0.3) is 0 Å². The molecule has 24 heavy (non-hydrogen) atoms. The zero-order valence-corrected chi connectivity index (χ0v) is 14.7. The molecule has 122 valence electrons. The molecule has 0 radical (unpaired) electrons. The summed E-state index contributed by atoms with van der Waals surface area (Å²) in [5.74, 6) is 0.0244. The molecule has 0 bridgehead atoms. The van der Waals surface area contributed by atoms with Gasteiger partial charge in [0.05, 0.1) is 12.1 Å². The Morgan fingerprint density at radius 2 is 1.62 bits per heavy atom. The average Bonchev–Trinajstić information content (AvgIpc) is 2.63. The van der Waals surface area contributed by atoms with Gasteiger partial charge in [0.15, 0.2) is 0 Å². The van der Waals surface area contributed by atoms with E-state index in [0.717, 1.165) is 22.1 Å². The van der Waals surface area contributed by atoms with E-state index in [9.17, 15) is 4.79 Å². The van der Waals surface area contributed by atoms with Gasteiger partial charge >= 0.3 is 0 Å². The van der Waals surface area contributed by atoms with Gasteiger partial charge in [-0.05, 0) is 36.4 Å². The molecule has 1 aliphatic rings. The van der Waals surface area contributed by atoms with Crippen molar-refractivity contribution in [1.29, 1.82) is 0 Å². The Kier molecular flexibility index (Phi) is 5.49. The van der Waals surface area contributed by atoms with Crippen LogP contribution >= 0.6 is 15.9 Å². The van der Waals surface area contributed by atoms with Crippen LogP contribution in [-0.4, -0.2) is 18.4 Å². The van der Waals surface area contributed by atoms with Gasteiger partial charge in [0.2, 0.25) is 0 Å². The highest BCUT2D eigenvalue weighted by Gasteiger charge is 2.27. The van der Waals surface area contributed by atoms with E-state index < -0.39 is 0 Å². The van der Waals surface area contributed by atoms with E-state index in [-0.39, 0.29) is 18.0 Å². The first-order valence-electron chi connectivity index (χ1n) is 7.90. The SMILES string of the molecule is O=CC(Nc1ccc(Br)cc1)C1C=CC=CC1Nc1ccccc1. The highest BCUT2D eigenvalue weighted by Crippen LogP contribution is 2.24. The van der Waals surface area contributed by atoms with Crippen LogP contribution in [0, 0.1) is 5.92 Å². The van der Waals surface area contributed by atoms with Crippen LogP contribution in [0.15, 0.2) is 83.4 Å². The van der Waals surface area contributed by atoms with E-state index in [4.69, 9.17) is 0 Å². The molecule has 2 N–H and O–H groups in total. The van der Waals surface area contributed by atoms with E-state index in [0.29, 0.717) is 0 Å². The normalized spacial score (nSPS) is 20.4. The molecule has 2 aromatic rings. The van der Waals surface area contributed by atoms with Crippen molar-refractivity contribution in [1.82, 2.24) is 0 Å². The maximum absolute atomic E-state index is 11.7. The van der Waals surface area contributed by atoms with Gasteiger partial charge in [-0.2, -0.15) is 0 Å². The molecule has 0 fully saturated rings. The van der Waals surface area contributed by atoms with Crippen molar-refractivity contribution in [3.63, 3.8) is 0 Å². The van der Waals surface area contributed by atoms with Crippen LogP contribution in [0.1, 0.15) is 0 Å². The molecule has 3 unspecified atom stereocenters. The third kappa shape index (κ3) is 4.15. The fourth-order valence-electron chi connectivity index (χ4n) is 2.80. The van der Waals surface area contributed by atoms with Crippen LogP contribution < -0.4 is 10.6 Å². The molecular formula is C20H19BrN2O. The van der Waals surface area contributed by atoms with Gasteiger partial charge in [-0.15, -0.1) is 0 Å². The summed E-state index contributed by atoms with van der Waals surface area (Å²) in [5, 5.41) is 6.82. The number of rotatable bonds is 6. The minimum Gasteiger partial charge on any atom is -0.378 e. The number of hydrogen-bond acceptors (Lipinski definition) is 3. The van der Waals surface area contributed by atoms with Gasteiger partial charge in [0.1, 0.15) is 6.29 Å². The second-order valence-electron chi connectivity index (χ2n) is 5.70. The number of anilines is 2. The first-order valence-corrected chi connectivity index (χ1v) is 8.69. The number of nitrogens with one attached hydrogen (secondary N) is 2. The van der Waals surface area contributed by atoms with Crippen LogP contribution in [0.4, 0.5) is 11.4 Å². The first-order chi connectivity index (χ1) is 11.8. The molecule has 0 aliphatic heterocycles. The maximum atomic E-state index is 11.7. The average molecular weight is 383 g/mol. The summed E-state index contributed by atoms with van der Waals surface area (Å²) in [7, 11) is 0. The smallest absolute Gasteiger partial charge is 0.142 e. The highest BCUT2D eigenvalue weighted by molar-refractivity contribution is 9.10. The summed E-state index contributed by atoms with van der Waals surface area (Å²) in [6.45, 7) is 0. The second kappa shape index (κ2) is 7.97. The molecule has 0 aromatic heterocycles. The molecule has 0 amide bonds. The molecule has 0 heterocycles. The van der Waals surface area contributed by atoms with Gasteiger partial charge < -0.3 is 15.4 Å². The summed E-state index contributed by atoms with van der Waals surface area (Å²) in [5.41, 5.74) is 1.97. The summed E-state index contributed by atoms with van der Waals surface area (Å²) >= 11 is 3.42. The molecule has 0 spiro atoms. The van der Waals surface area contributed by atoms with Crippen molar-refractivity contribution in [3.05, 3.63) is 83.4 Å². The number of benzene rings is 2. The van der Waals surface area contributed by atoms with E-state index in [1.807, 2.05) is 66.7 Å². The van der Waals surface area contributed by atoms with Crippen molar-refractivity contribution in [2.45, 2.75) is 12.1 Å². The second-order valence-corrected chi connectivity index (χ2v) is 6.61. The van der Waals surface area contributed by atoms with Gasteiger partial charge in [-0.1, -0.05) is 58.4 Å². The lowest BCUT2D eigenvalue weighted by Crippen LogP contribution is -2.40. The molecule has 3 nitrogen and oxygen atoms in total. The molecule has 3 atom stereocenters. The Morgan fingerprint density at radius 1 is 0.917 bits per heavy atom. The molecule has 0 saturated carbocycles. The number of para-hydroxylation sites is 1. The van der Waals surface area contributed by atoms with Crippen LogP contribution in [-0.2, 0) is 4.79 Å². The summed E-state index contributed by atoms with van der Waals surface area (Å²) in [6.07, 6.45) is 9.16. The predicted octanol–water partition coefficient (Wildman–Crippen LogP) is 4.65. The Labute approximate surface area is 150 Å². The summed E-state index contributed by atoms with van der Waals surface area (Å²) < 4.78 is 1.01. The Morgan fingerprint density at radius 3 is 2.33 bits per heavy atom. The third-order valence-electron chi connectivity index (χ3n) is 4.02. The van der Waals surface area contributed by atoms with Gasteiger partial charge in [-0.3, -0.25) is 0 Å². The molecule has 0 saturated heterocycles. The zero-order valence-electron chi connectivity index (χ0n) is 13.1. The van der Waals surface area contributed by atoms with Gasteiger partial charge in [0.25, 0.3) is 0 Å². The van der Waals surface area contributed by atoms with Crippen molar-refractivity contribution in [2.75, 3.05) is 10.6 Å². The molecule has 2 aromatic carbocycles. The molecule has 4 heteroatoms. The third-order valence-corrected chi connectivity index (χ3v) is 4.55. The van der Waals surface area contributed by atoms with E-state index in [1.54, 1.807) is 0 Å². The number of aldehydes is 1. The largest absolute Gasteiger partial charge is 0.378 e. The Balaban J connectivity index is 1.75.